The molecule has 1 atom stereocenters. The molecular weight excluding hydrogens is 244 g/mol. The number of nitrogens with zero attached hydrogens (tertiary/aromatic N) is 2. The number of carbonyl (C=O) groups is 1. The summed E-state index contributed by atoms with van der Waals surface area (Å²) in [6, 6.07) is 4.21. The van der Waals surface area contributed by atoms with Crippen LogP contribution in [0.2, 0.25) is 0 Å². The summed E-state index contributed by atoms with van der Waals surface area (Å²) in [5, 5.41) is 8.18. The van der Waals surface area contributed by atoms with Crippen molar-refractivity contribution >= 4 is 23.0 Å². The van der Waals surface area contributed by atoms with Gasteiger partial charge in [-0.05, 0) is 11.4 Å². The Morgan fingerprint density at radius 2 is 2.22 bits per heavy atom. The number of amides is 1. The van der Waals surface area contributed by atoms with Crippen LogP contribution in [-0.2, 0) is 4.79 Å². The predicted octanol–water partition coefficient (Wildman–Crippen LogP) is 2.82. The van der Waals surface area contributed by atoms with Crippen LogP contribution in [0.3, 0.4) is 0 Å². The molecule has 0 saturated heterocycles. The van der Waals surface area contributed by atoms with Crippen LogP contribution in [0.15, 0.2) is 46.9 Å². The van der Waals surface area contributed by atoms with E-state index in [9.17, 15) is 4.79 Å². The molecule has 4 heteroatoms. The van der Waals surface area contributed by atoms with Crippen LogP contribution in [-0.4, -0.2) is 22.7 Å². The van der Waals surface area contributed by atoms with Crippen LogP contribution in [0, 0.1) is 5.92 Å². The largest absolute Gasteiger partial charge is 0.273 e. The average Bonchev–Trinajstić information content (AvgIpc) is 3.10. The lowest BCUT2D eigenvalue weighted by Crippen LogP contribution is -2.35. The second-order valence-corrected chi connectivity index (χ2v) is 5.45. The molecule has 2 heterocycles. The molecule has 0 radical (unpaired) electrons. The van der Waals surface area contributed by atoms with Crippen molar-refractivity contribution in [2.75, 3.05) is 0 Å². The maximum absolute atomic E-state index is 11.7. The summed E-state index contributed by atoms with van der Waals surface area (Å²) in [5.74, 6) is 0.301. The molecule has 92 valence electrons. The van der Waals surface area contributed by atoms with Crippen molar-refractivity contribution < 1.29 is 4.79 Å². The number of rotatable bonds is 2. The molecule has 1 aromatic rings. The Labute approximate surface area is 110 Å². The fraction of sp³-hybridized carbons (Fsp3) is 0.286. The van der Waals surface area contributed by atoms with E-state index in [4.69, 9.17) is 0 Å². The van der Waals surface area contributed by atoms with E-state index in [0.29, 0.717) is 0 Å². The van der Waals surface area contributed by atoms with Gasteiger partial charge < -0.3 is 0 Å². The van der Waals surface area contributed by atoms with Crippen molar-refractivity contribution in [3.63, 3.8) is 0 Å². The highest BCUT2D eigenvalue weighted by Gasteiger charge is 2.34. The Bertz CT molecular complexity index is 530. The fourth-order valence-electron chi connectivity index (χ4n) is 2.43. The summed E-state index contributed by atoms with van der Waals surface area (Å²) in [5.41, 5.74) is 1.03. The first-order valence-electron chi connectivity index (χ1n) is 6.02. The summed E-state index contributed by atoms with van der Waals surface area (Å²) in [6.45, 7) is 1.58. The predicted molar refractivity (Wildman–Crippen MR) is 73.6 cm³/mol. The fourth-order valence-corrected chi connectivity index (χ4v) is 3.15. The molecule has 0 N–H and O–H groups in total. The molecule has 0 saturated carbocycles. The second-order valence-electron chi connectivity index (χ2n) is 4.51. The zero-order valence-corrected chi connectivity index (χ0v) is 10.9. The second kappa shape index (κ2) is 4.53. The number of hydrogen-bond donors (Lipinski definition) is 0. The van der Waals surface area contributed by atoms with Gasteiger partial charge in [-0.1, -0.05) is 30.4 Å². The third-order valence-corrected chi connectivity index (χ3v) is 4.21. The summed E-state index contributed by atoms with van der Waals surface area (Å²) >= 11 is 1.67. The molecule has 1 aromatic heterocycles. The van der Waals surface area contributed by atoms with Crippen molar-refractivity contribution in [3.8, 4) is 0 Å². The Kier molecular flexibility index (Phi) is 2.88. The molecule has 0 aromatic carbocycles. The van der Waals surface area contributed by atoms with Gasteiger partial charge in [0.1, 0.15) is 0 Å². The molecular formula is C14H14N2OS. The van der Waals surface area contributed by atoms with Crippen LogP contribution < -0.4 is 0 Å². The number of hydrazone groups is 1. The maximum atomic E-state index is 11.7. The number of thiophene rings is 1. The van der Waals surface area contributed by atoms with Crippen molar-refractivity contribution in [2.45, 2.75) is 19.4 Å². The first-order valence-corrected chi connectivity index (χ1v) is 6.90. The highest BCUT2D eigenvalue weighted by molar-refractivity contribution is 7.12. The van der Waals surface area contributed by atoms with Gasteiger partial charge >= 0.3 is 0 Å². The molecule has 18 heavy (non-hydrogen) atoms. The lowest BCUT2D eigenvalue weighted by Gasteiger charge is -2.23. The summed E-state index contributed by atoms with van der Waals surface area (Å²) in [7, 11) is 0. The minimum absolute atomic E-state index is 0.0141. The third-order valence-electron chi connectivity index (χ3n) is 3.30. The van der Waals surface area contributed by atoms with Crippen molar-refractivity contribution in [3.05, 3.63) is 46.7 Å². The van der Waals surface area contributed by atoms with Crippen LogP contribution in [0.4, 0.5) is 0 Å². The highest BCUT2D eigenvalue weighted by atomic mass is 32.1. The Hall–Kier alpha value is -1.68. The van der Waals surface area contributed by atoms with Crippen LogP contribution >= 0.6 is 11.3 Å². The van der Waals surface area contributed by atoms with E-state index in [1.54, 1.807) is 23.3 Å². The van der Waals surface area contributed by atoms with Crippen LogP contribution in [0.25, 0.3) is 0 Å². The van der Waals surface area contributed by atoms with Gasteiger partial charge in [0.05, 0.1) is 16.6 Å². The zero-order chi connectivity index (χ0) is 12.5. The highest BCUT2D eigenvalue weighted by Crippen LogP contribution is 2.30. The van der Waals surface area contributed by atoms with E-state index >= 15 is 0 Å². The van der Waals surface area contributed by atoms with Crippen LogP contribution in [0.1, 0.15) is 18.2 Å². The van der Waals surface area contributed by atoms with E-state index in [-0.39, 0.29) is 17.9 Å². The maximum Gasteiger partial charge on any atom is 0.239 e. The average molecular weight is 258 g/mol. The molecule has 2 aliphatic rings. The number of carbonyl (C=O) groups excluding carboxylic acids is 1. The van der Waals surface area contributed by atoms with Gasteiger partial charge in [0.15, 0.2) is 0 Å². The molecule has 0 fully saturated rings. The van der Waals surface area contributed by atoms with Crippen LogP contribution in [0.5, 0.6) is 0 Å². The van der Waals surface area contributed by atoms with Gasteiger partial charge in [0, 0.05) is 19.3 Å². The van der Waals surface area contributed by atoms with Crippen molar-refractivity contribution in [1.82, 2.24) is 5.01 Å². The molecule has 3 rings (SSSR count). The lowest BCUT2D eigenvalue weighted by atomic mass is 9.96. The minimum Gasteiger partial charge on any atom is -0.273 e. The smallest absolute Gasteiger partial charge is 0.239 e. The first-order chi connectivity index (χ1) is 8.75. The minimum atomic E-state index is 0.0141. The molecule has 0 spiro atoms. The molecule has 1 aliphatic carbocycles. The Morgan fingerprint density at radius 1 is 1.44 bits per heavy atom. The van der Waals surface area contributed by atoms with E-state index in [1.807, 2.05) is 23.6 Å². The molecule has 1 aliphatic heterocycles. The molecule has 3 nitrogen and oxygen atoms in total. The first kappa shape index (κ1) is 11.4. The van der Waals surface area contributed by atoms with Gasteiger partial charge in [-0.2, -0.15) is 5.10 Å². The molecule has 0 bridgehead atoms. The standard InChI is InChI=1S/C14H14N2OS/c1-10(17)16-13(11-5-2-3-6-11)9-12(15-16)14-7-4-8-18-14/h2-8,11,13H,9H2,1H3. The number of allylic oxidation sites excluding steroid dienone is 2. The van der Waals surface area contributed by atoms with Gasteiger partial charge in [0.25, 0.3) is 0 Å². The van der Waals surface area contributed by atoms with E-state index in [0.717, 1.165) is 17.0 Å². The van der Waals surface area contributed by atoms with Crippen molar-refractivity contribution in [2.24, 2.45) is 11.0 Å². The van der Waals surface area contributed by atoms with Crippen molar-refractivity contribution in [1.29, 1.82) is 0 Å². The van der Waals surface area contributed by atoms with Gasteiger partial charge in [-0.3, -0.25) is 4.79 Å². The summed E-state index contributed by atoms with van der Waals surface area (Å²) in [4.78, 5) is 12.9. The topological polar surface area (TPSA) is 32.7 Å². The van der Waals surface area contributed by atoms with E-state index < -0.39 is 0 Å². The van der Waals surface area contributed by atoms with Gasteiger partial charge in [0.2, 0.25) is 5.91 Å². The van der Waals surface area contributed by atoms with E-state index in [2.05, 4.69) is 23.3 Å². The normalized spacial score (nSPS) is 22.8. The van der Waals surface area contributed by atoms with Gasteiger partial charge in [-0.25, -0.2) is 5.01 Å². The quantitative estimate of drug-likeness (QED) is 0.803. The third kappa shape index (κ3) is 1.93. The summed E-state index contributed by atoms with van der Waals surface area (Å²) < 4.78 is 0. The Morgan fingerprint density at radius 3 is 2.83 bits per heavy atom. The Balaban J connectivity index is 1.88. The number of hydrogen-bond acceptors (Lipinski definition) is 3. The monoisotopic (exact) mass is 258 g/mol. The molecule has 1 unspecified atom stereocenters. The summed E-state index contributed by atoms with van der Waals surface area (Å²) in [6.07, 6.45) is 9.17. The van der Waals surface area contributed by atoms with Gasteiger partial charge in [-0.15, -0.1) is 11.3 Å². The lowest BCUT2D eigenvalue weighted by molar-refractivity contribution is -0.130. The molecule has 1 amide bonds. The zero-order valence-electron chi connectivity index (χ0n) is 10.1. The SMILES string of the molecule is CC(=O)N1N=C(c2cccs2)CC1C1C=CC=C1. The van der Waals surface area contributed by atoms with E-state index in [1.165, 1.54) is 0 Å².